The predicted octanol–water partition coefficient (Wildman–Crippen LogP) is 2.99. The Hall–Kier alpha value is -2.73. The van der Waals surface area contributed by atoms with E-state index < -0.39 is 10.8 Å². The fourth-order valence-electron chi connectivity index (χ4n) is 1.93. The van der Waals surface area contributed by atoms with E-state index >= 15 is 0 Å². The molecular formula is C15H14N2O4. The Labute approximate surface area is 121 Å². The fraction of sp³-hybridized carbons (Fsp3) is 0.133. The molecule has 0 aromatic heterocycles. The van der Waals surface area contributed by atoms with Crippen LogP contribution in [0.2, 0.25) is 0 Å². The molecular weight excluding hydrogens is 272 g/mol. The molecule has 21 heavy (non-hydrogen) atoms. The van der Waals surface area contributed by atoms with E-state index in [-0.39, 0.29) is 11.3 Å². The molecule has 1 amide bonds. The van der Waals surface area contributed by atoms with Gasteiger partial charge in [-0.25, -0.2) is 0 Å². The minimum absolute atomic E-state index is 0.0274. The van der Waals surface area contributed by atoms with E-state index in [0.29, 0.717) is 12.3 Å². The quantitative estimate of drug-likeness (QED) is 0.676. The Bertz CT molecular complexity index is 670. The average molecular weight is 286 g/mol. The Morgan fingerprint density at radius 2 is 2.00 bits per heavy atom. The minimum atomic E-state index is -0.573. The van der Waals surface area contributed by atoms with Crippen LogP contribution in [0.25, 0.3) is 0 Å². The van der Waals surface area contributed by atoms with E-state index in [2.05, 4.69) is 5.32 Å². The Balaban J connectivity index is 2.22. The Morgan fingerprint density at radius 1 is 1.24 bits per heavy atom. The second kappa shape index (κ2) is 6.62. The molecule has 0 atom stereocenters. The summed E-state index contributed by atoms with van der Waals surface area (Å²) in [5.74, 6) is -0.517. The number of carbonyl (C=O) groups excluding carboxylic acids is 1. The molecule has 0 spiro atoms. The monoisotopic (exact) mass is 286 g/mol. The summed E-state index contributed by atoms with van der Waals surface area (Å²) in [4.78, 5) is 22.5. The number of amides is 1. The van der Waals surface area contributed by atoms with E-state index in [4.69, 9.17) is 4.74 Å². The molecule has 0 aliphatic carbocycles. The molecule has 6 nitrogen and oxygen atoms in total. The van der Waals surface area contributed by atoms with Crippen LogP contribution in [0.4, 0.5) is 11.4 Å². The van der Waals surface area contributed by atoms with Crippen molar-refractivity contribution in [1.82, 2.24) is 0 Å². The van der Waals surface area contributed by atoms with Gasteiger partial charge in [0.2, 0.25) is 0 Å². The van der Waals surface area contributed by atoms with Crippen molar-refractivity contribution in [2.24, 2.45) is 0 Å². The maximum absolute atomic E-state index is 12.2. The zero-order valence-corrected chi connectivity index (χ0v) is 11.4. The number of nitro groups is 1. The summed E-state index contributed by atoms with van der Waals surface area (Å²) in [6, 6.07) is 13.0. The van der Waals surface area contributed by atoms with Crippen LogP contribution in [0.1, 0.15) is 15.9 Å². The molecule has 2 aromatic carbocycles. The number of hydrogen-bond donors (Lipinski definition) is 1. The second-order valence-electron chi connectivity index (χ2n) is 4.36. The van der Waals surface area contributed by atoms with E-state index in [0.717, 1.165) is 5.56 Å². The van der Waals surface area contributed by atoms with Crippen molar-refractivity contribution < 1.29 is 14.5 Å². The maximum Gasteiger partial charge on any atom is 0.282 e. The predicted molar refractivity (Wildman–Crippen MR) is 78.2 cm³/mol. The summed E-state index contributed by atoms with van der Waals surface area (Å²) in [5, 5.41) is 13.6. The smallest absolute Gasteiger partial charge is 0.282 e. The van der Waals surface area contributed by atoms with Gasteiger partial charge in [0.25, 0.3) is 11.6 Å². The number of para-hydroxylation sites is 1. The molecule has 2 aromatic rings. The summed E-state index contributed by atoms with van der Waals surface area (Å²) in [5.41, 5.74) is 1.27. The van der Waals surface area contributed by atoms with Crippen LogP contribution in [0.15, 0.2) is 48.5 Å². The van der Waals surface area contributed by atoms with Crippen molar-refractivity contribution in [2.75, 3.05) is 12.4 Å². The lowest BCUT2D eigenvalue weighted by Gasteiger charge is -2.07. The van der Waals surface area contributed by atoms with Crippen molar-refractivity contribution in [2.45, 2.75) is 6.61 Å². The lowest BCUT2D eigenvalue weighted by Crippen LogP contribution is -2.14. The number of rotatable bonds is 5. The normalized spacial score (nSPS) is 10.1. The third-order valence-corrected chi connectivity index (χ3v) is 2.84. The SMILES string of the molecule is COCc1cccc(NC(=O)c2ccccc2[N+](=O)[O-])c1. The molecule has 0 aliphatic heterocycles. The van der Waals surface area contributed by atoms with Gasteiger partial charge in [-0.05, 0) is 23.8 Å². The number of nitrogens with one attached hydrogen (secondary N) is 1. The number of hydrogen-bond acceptors (Lipinski definition) is 4. The van der Waals surface area contributed by atoms with Gasteiger partial charge >= 0.3 is 0 Å². The number of ether oxygens (including phenoxy) is 1. The van der Waals surface area contributed by atoms with Gasteiger partial charge in [0, 0.05) is 18.9 Å². The van der Waals surface area contributed by atoms with Crippen LogP contribution in [0.3, 0.4) is 0 Å². The van der Waals surface area contributed by atoms with Gasteiger partial charge in [-0.1, -0.05) is 24.3 Å². The van der Waals surface area contributed by atoms with Crippen molar-refractivity contribution in [3.63, 3.8) is 0 Å². The molecule has 0 fully saturated rings. The van der Waals surface area contributed by atoms with Crippen LogP contribution in [0, 0.1) is 10.1 Å². The molecule has 1 N–H and O–H groups in total. The van der Waals surface area contributed by atoms with E-state index in [1.54, 1.807) is 31.4 Å². The first kappa shape index (κ1) is 14.7. The zero-order valence-electron chi connectivity index (χ0n) is 11.4. The number of anilines is 1. The molecule has 0 aliphatic rings. The second-order valence-corrected chi connectivity index (χ2v) is 4.36. The highest BCUT2D eigenvalue weighted by Gasteiger charge is 2.19. The van der Waals surface area contributed by atoms with Gasteiger partial charge in [-0.2, -0.15) is 0 Å². The first-order valence-electron chi connectivity index (χ1n) is 6.24. The summed E-state index contributed by atoms with van der Waals surface area (Å²) < 4.78 is 5.02. The molecule has 0 unspecified atom stereocenters. The van der Waals surface area contributed by atoms with Crippen molar-refractivity contribution in [3.05, 3.63) is 69.8 Å². The number of carbonyl (C=O) groups is 1. The molecule has 108 valence electrons. The van der Waals surface area contributed by atoms with Gasteiger partial charge in [0.05, 0.1) is 11.5 Å². The highest BCUT2D eigenvalue weighted by atomic mass is 16.6. The first-order chi connectivity index (χ1) is 10.1. The van der Waals surface area contributed by atoms with Gasteiger partial charge in [-0.3, -0.25) is 14.9 Å². The fourth-order valence-corrected chi connectivity index (χ4v) is 1.93. The summed E-state index contributed by atoms with van der Waals surface area (Å²) in [7, 11) is 1.58. The molecule has 0 heterocycles. The highest BCUT2D eigenvalue weighted by molar-refractivity contribution is 6.07. The standard InChI is InChI=1S/C15H14N2O4/c1-21-10-11-5-4-6-12(9-11)16-15(18)13-7-2-3-8-14(13)17(19)20/h2-9H,10H2,1H3,(H,16,18). The van der Waals surface area contributed by atoms with Crippen molar-refractivity contribution >= 4 is 17.3 Å². The topological polar surface area (TPSA) is 81.5 Å². The van der Waals surface area contributed by atoms with Crippen LogP contribution in [0.5, 0.6) is 0 Å². The first-order valence-corrected chi connectivity index (χ1v) is 6.24. The van der Waals surface area contributed by atoms with Crippen LogP contribution < -0.4 is 5.32 Å². The van der Waals surface area contributed by atoms with Gasteiger partial charge in [-0.15, -0.1) is 0 Å². The number of methoxy groups -OCH3 is 1. The Kier molecular flexibility index (Phi) is 4.63. The third-order valence-electron chi connectivity index (χ3n) is 2.84. The maximum atomic E-state index is 12.2. The molecule has 0 radical (unpaired) electrons. The van der Waals surface area contributed by atoms with Gasteiger partial charge in [0.1, 0.15) is 5.56 Å². The molecule has 2 rings (SSSR count). The molecule has 6 heteroatoms. The third kappa shape index (κ3) is 3.64. The number of nitro benzene ring substituents is 1. The van der Waals surface area contributed by atoms with E-state index in [9.17, 15) is 14.9 Å². The van der Waals surface area contributed by atoms with E-state index in [1.807, 2.05) is 6.07 Å². The summed E-state index contributed by atoms with van der Waals surface area (Å²) >= 11 is 0. The van der Waals surface area contributed by atoms with Crippen molar-refractivity contribution in [1.29, 1.82) is 0 Å². The van der Waals surface area contributed by atoms with Crippen molar-refractivity contribution in [3.8, 4) is 0 Å². The minimum Gasteiger partial charge on any atom is -0.380 e. The van der Waals surface area contributed by atoms with Crippen LogP contribution in [-0.4, -0.2) is 17.9 Å². The largest absolute Gasteiger partial charge is 0.380 e. The zero-order chi connectivity index (χ0) is 15.2. The lowest BCUT2D eigenvalue weighted by molar-refractivity contribution is -0.385. The number of nitrogens with zero attached hydrogens (tertiary/aromatic N) is 1. The van der Waals surface area contributed by atoms with Gasteiger partial charge < -0.3 is 10.1 Å². The van der Waals surface area contributed by atoms with Crippen LogP contribution >= 0.6 is 0 Å². The van der Waals surface area contributed by atoms with E-state index in [1.165, 1.54) is 18.2 Å². The van der Waals surface area contributed by atoms with Gasteiger partial charge in [0.15, 0.2) is 0 Å². The molecule has 0 bridgehead atoms. The lowest BCUT2D eigenvalue weighted by atomic mass is 10.1. The molecule has 0 saturated heterocycles. The molecule has 0 saturated carbocycles. The van der Waals surface area contributed by atoms with Crippen LogP contribution in [-0.2, 0) is 11.3 Å². The Morgan fingerprint density at radius 3 is 2.71 bits per heavy atom. The average Bonchev–Trinajstić information content (AvgIpc) is 2.48. The summed E-state index contributed by atoms with van der Waals surface area (Å²) in [6.07, 6.45) is 0. The number of benzene rings is 2. The highest BCUT2D eigenvalue weighted by Crippen LogP contribution is 2.20. The summed E-state index contributed by atoms with van der Waals surface area (Å²) in [6.45, 7) is 0.426.